The molecule has 64 valence electrons. The summed E-state index contributed by atoms with van der Waals surface area (Å²) in [4.78, 5) is 0. The Morgan fingerprint density at radius 2 is 2.36 bits per heavy atom. The van der Waals surface area contributed by atoms with E-state index in [4.69, 9.17) is 9.84 Å². The van der Waals surface area contributed by atoms with E-state index in [1.165, 1.54) is 12.8 Å². The molecule has 0 aromatic rings. The van der Waals surface area contributed by atoms with Gasteiger partial charge in [0.15, 0.2) is 0 Å². The molecule has 1 unspecified atom stereocenters. The van der Waals surface area contributed by atoms with Crippen molar-refractivity contribution in [3.8, 4) is 0 Å². The molecule has 1 aliphatic carbocycles. The SMILES string of the molecule is CC(O)CCO[C](=[Cr])C1CC1. The summed E-state index contributed by atoms with van der Waals surface area (Å²) in [5.41, 5.74) is 0. The van der Waals surface area contributed by atoms with Crippen LogP contribution in [0, 0.1) is 5.92 Å². The Labute approximate surface area is 75.5 Å². The number of ether oxygens (including phenoxy) is 1. The second-order valence-electron chi connectivity index (χ2n) is 3.08. The first-order chi connectivity index (χ1) is 5.20. The molecule has 0 aliphatic heterocycles. The van der Waals surface area contributed by atoms with Gasteiger partial charge in [-0.05, 0) is 0 Å². The Kier molecular flexibility index (Phi) is 3.74. The molecule has 0 aromatic heterocycles. The molecule has 0 amide bonds. The normalized spacial score (nSPS) is 19.8. The van der Waals surface area contributed by atoms with Crippen molar-refractivity contribution in [1.29, 1.82) is 0 Å². The quantitative estimate of drug-likeness (QED) is 0.703. The van der Waals surface area contributed by atoms with Crippen LogP contribution in [-0.2, 0) is 20.6 Å². The van der Waals surface area contributed by atoms with Crippen LogP contribution >= 0.6 is 0 Å². The Balaban J connectivity index is 1.97. The Hall–Kier alpha value is 0.322. The van der Waals surface area contributed by atoms with Crippen LogP contribution in [0.25, 0.3) is 0 Å². The predicted molar refractivity (Wildman–Crippen MR) is 40.0 cm³/mol. The Morgan fingerprint density at radius 3 is 2.82 bits per heavy atom. The fourth-order valence-corrected chi connectivity index (χ4v) is 1.27. The third-order valence-electron chi connectivity index (χ3n) is 1.69. The second-order valence-corrected chi connectivity index (χ2v) is 3.71. The van der Waals surface area contributed by atoms with Crippen LogP contribution in [0.3, 0.4) is 0 Å². The molecule has 0 heterocycles. The van der Waals surface area contributed by atoms with Gasteiger partial charge in [0, 0.05) is 0 Å². The van der Waals surface area contributed by atoms with Gasteiger partial charge in [-0.15, -0.1) is 0 Å². The average molecular weight is 194 g/mol. The van der Waals surface area contributed by atoms with Crippen molar-refractivity contribution in [3.05, 3.63) is 0 Å². The van der Waals surface area contributed by atoms with Crippen molar-refractivity contribution in [1.82, 2.24) is 0 Å². The summed E-state index contributed by atoms with van der Waals surface area (Å²) in [5.74, 6) is 0.670. The minimum absolute atomic E-state index is 0.248. The van der Waals surface area contributed by atoms with Crippen LogP contribution < -0.4 is 0 Å². The van der Waals surface area contributed by atoms with Gasteiger partial charge in [-0.3, -0.25) is 0 Å². The average Bonchev–Trinajstić information content (AvgIpc) is 2.66. The third-order valence-corrected chi connectivity index (χ3v) is 2.40. The predicted octanol–water partition coefficient (Wildman–Crippen LogP) is 0.861. The van der Waals surface area contributed by atoms with E-state index in [1.54, 1.807) is 6.92 Å². The molecule has 11 heavy (non-hydrogen) atoms. The van der Waals surface area contributed by atoms with E-state index in [-0.39, 0.29) is 6.10 Å². The maximum absolute atomic E-state index is 8.92. The van der Waals surface area contributed by atoms with Crippen molar-refractivity contribution < 1.29 is 25.7 Å². The summed E-state index contributed by atoms with van der Waals surface area (Å²) in [6.45, 7) is 2.41. The van der Waals surface area contributed by atoms with Crippen LogP contribution in [-0.4, -0.2) is 22.4 Å². The molecule has 1 rings (SSSR count). The first-order valence-electron chi connectivity index (χ1n) is 4.05. The van der Waals surface area contributed by atoms with Gasteiger partial charge in [0.25, 0.3) is 0 Å². The van der Waals surface area contributed by atoms with Crippen LogP contribution in [0.2, 0.25) is 0 Å². The van der Waals surface area contributed by atoms with Gasteiger partial charge in [0.1, 0.15) is 0 Å². The molecule has 1 saturated carbocycles. The van der Waals surface area contributed by atoms with E-state index in [9.17, 15) is 0 Å². The summed E-state index contributed by atoms with van der Waals surface area (Å²) in [5, 5.41) is 8.92. The van der Waals surface area contributed by atoms with Crippen LogP contribution in [0.5, 0.6) is 0 Å². The van der Waals surface area contributed by atoms with Crippen molar-refractivity contribution >= 4 is 4.57 Å². The first kappa shape index (κ1) is 9.41. The van der Waals surface area contributed by atoms with Crippen LogP contribution in [0.15, 0.2) is 0 Å². The molecular weight excluding hydrogens is 180 g/mol. The molecule has 0 bridgehead atoms. The Bertz CT molecular complexity index is 141. The Morgan fingerprint density at radius 1 is 1.73 bits per heavy atom. The van der Waals surface area contributed by atoms with Crippen LogP contribution in [0.4, 0.5) is 0 Å². The van der Waals surface area contributed by atoms with Gasteiger partial charge in [0.2, 0.25) is 0 Å². The summed E-state index contributed by atoms with van der Waals surface area (Å²) in [6.07, 6.45) is 2.99. The van der Waals surface area contributed by atoms with E-state index >= 15 is 0 Å². The zero-order valence-electron chi connectivity index (χ0n) is 6.75. The molecule has 0 aromatic carbocycles. The van der Waals surface area contributed by atoms with E-state index in [0.717, 1.165) is 11.0 Å². The fourth-order valence-electron chi connectivity index (χ4n) is 0.767. The van der Waals surface area contributed by atoms with Gasteiger partial charge in [-0.2, -0.15) is 0 Å². The molecule has 0 spiro atoms. The van der Waals surface area contributed by atoms with Gasteiger partial charge >= 0.3 is 75.1 Å². The van der Waals surface area contributed by atoms with E-state index in [1.807, 2.05) is 0 Å². The number of aliphatic hydroxyl groups excluding tert-OH is 1. The molecule has 1 fully saturated rings. The number of hydrogen-bond acceptors (Lipinski definition) is 2. The molecule has 0 radical (unpaired) electrons. The minimum atomic E-state index is -0.248. The second kappa shape index (κ2) is 4.37. The van der Waals surface area contributed by atoms with E-state index < -0.39 is 0 Å². The fraction of sp³-hybridized carbons (Fsp3) is 0.875. The van der Waals surface area contributed by atoms with Crippen LogP contribution in [0.1, 0.15) is 26.2 Å². The monoisotopic (exact) mass is 194 g/mol. The zero-order valence-corrected chi connectivity index (χ0v) is 8.02. The maximum atomic E-state index is 8.92. The topological polar surface area (TPSA) is 29.5 Å². The van der Waals surface area contributed by atoms with Gasteiger partial charge in [-0.25, -0.2) is 0 Å². The summed E-state index contributed by atoms with van der Waals surface area (Å²) >= 11 is 2.93. The van der Waals surface area contributed by atoms with Crippen molar-refractivity contribution in [2.45, 2.75) is 32.3 Å². The third kappa shape index (κ3) is 4.03. The number of aliphatic hydroxyl groups is 1. The van der Waals surface area contributed by atoms with Gasteiger partial charge < -0.3 is 0 Å². The number of rotatable bonds is 5. The molecular formula is C8H14CrO2. The van der Waals surface area contributed by atoms with Crippen molar-refractivity contribution in [3.63, 3.8) is 0 Å². The van der Waals surface area contributed by atoms with E-state index in [0.29, 0.717) is 12.5 Å². The summed E-state index contributed by atoms with van der Waals surface area (Å²) < 4.78 is 6.41. The molecule has 0 saturated heterocycles. The first-order valence-corrected chi connectivity index (χ1v) is 4.68. The molecule has 2 nitrogen and oxygen atoms in total. The van der Waals surface area contributed by atoms with Crippen molar-refractivity contribution in [2.75, 3.05) is 6.61 Å². The molecule has 1 aliphatic rings. The summed E-state index contributed by atoms with van der Waals surface area (Å²) in [7, 11) is 0. The molecule has 1 atom stereocenters. The standard InChI is InChI=1S/C8H14O2.Cr/c1-7(9)4-5-10-6-8-2-3-8;/h7-9H,2-5H2,1H3;. The van der Waals surface area contributed by atoms with E-state index in [2.05, 4.69) is 15.9 Å². The zero-order chi connectivity index (χ0) is 8.27. The van der Waals surface area contributed by atoms with Gasteiger partial charge in [-0.1, -0.05) is 0 Å². The molecule has 1 N–H and O–H groups in total. The van der Waals surface area contributed by atoms with Crippen molar-refractivity contribution in [2.24, 2.45) is 5.92 Å². The summed E-state index contributed by atoms with van der Waals surface area (Å²) in [6, 6.07) is 0. The van der Waals surface area contributed by atoms with Gasteiger partial charge in [0.05, 0.1) is 0 Å². The number of hydrogen-bond donors (Lipinski definition) is 1. The molecule has 3 heteroatoms.